The first kappa shape index (κ1) is 16.2. The number of hydrogen-bond donors (Lipinski definition) is 1. The van der Waals surface area contributed by atoms with Crippen LogP contribution >= 0.6 is 0 Å². The van der Waals surface area contributed by atoms with Gasteiger partial charge in [-0.1, -0.05) is 45.0 Å². The zero-order chi connectivity index (χ0) is 14.1. The fraction of sp³-hybridized carbons (Fsp3) is 0.647. The Morgan fingerprint density at radius 1 is 1.05 bits per heavy atom. The third kappa shape index (κ3) is 5.75. The largest absolute Gasteiger partial charge is 0.382 e. The fourth-order valence-electron chi connectivity index (χ4n) is 2.16. The average molecular weight is 263 g/mol. The maximum Gasteiger partial charge on any atom is 0.0484 e. The van der Waals surface area contributed by atoms with E-state index in [-0.39, 0.29) is 0 Å². The first-order chi connectivity index (χ1) is 9.19. The highest BCUT2D eigenvalue weighted by atomic mass is 16.5. The second-order valence-corrected chi connectivity index (χ2v) is 5.31. The Hall–Kier alpha value is -0.860. The Labute approximate surface area is 118 Å². The molecule has 0 aliphatic rings. The second kappa shape index (κ2) is 9.11. The third-order valence-electron chi connectivity index (χ3n) is 3.40. The van der Waals surface area contributed by atoms with Crippen LogP contribution in [0, 0.1) is 0 Å². The zero-order valence-electron chi connectivity index (χ0n) is 12.9. The second-order valence-electron chi connectivity index (χ2n) is 5.31. The van der Waals surface area contributed by atoms with Gasteiger partial charge in [-0.25, -0.2) is 0 Å². The van der Waals surface area contributed by atoms with Crippen molar-refractivity contribution in [2.45, 2.75) is 52.5 Å². The van der Waals surface area contributed by atoms with E-state index in [1.165, 1.54) is 11.1 Å². The molecule has 108 valence electrons. The molecule has 0 spiro atoms. The number of ether oxygens (including phenoxy) is 1. The Kier molecular flexibility index (Phi) is 7.76. The van der Waals surface area contributed by atoms with Crippen molar-refractivity contribution in [1.82, 2.24) is 5.32 Å². The minimum Gasteiger partial charge on any atom is -0.382 e. The van der Waals surface area contributed by atoms with E-state index in [0.29, 0.717) is 12.0 Å². The highest BCUT2D eigenvalue weighted by Gasteiger charge is 2.10. The maximum atomic E-state index is 5.49. The van der Waals surface area contributed by atoms with Crippen molar-refractivity contribution in [3.05, 3.63) is 35.4 Å². The van der Waals surface area contributed by atoms with Crippen molar-refractivity contribution < 1.29 is 4.74 Å². The predicted octanol–water partition coefficient (Wildman–Crippen LogP) is 4.28. The molecular formula is C17H29NO. The molecule has 0 radical (unpaired) electrons. The van der Waals surface area contributed by atoms with Gasteiger partial charge in [0.05, 0.1) is 0 Å². The smallest absolute Gasteiger partial charge is 0.0484 e. The van der Waals surface area contributed by atoms with Crippen LogP contribution < -0.4 is 5.32 Å². The van der Waals surface area contributed by atoms with Gasteiger partial charge in [0.25, 0.3) is 0 Å². The topological polar surface area (TPSA) is 21.3 Å². The summed E-state index contributed by atoms with van der Waals surface area (Å²) in [6.45, 7) is 11.4. The van der Waals surface area contributed by atoms with Gasteiger partial charge in [0.2, 0.25) is 0 Å². The van der Waals surface area contributed by atoms with Crippen LogP contribution in [0.5, 0.6) is 0 Å². The molecule has 2 heteroatoms. The quantitative estimate of drug-likeness (QED) is 0.672. The average Bonchev–Trinajstić information content (AvgIpc) is 2.43. The minimum atomic E-state index is 0.410. The van der Waals surface area contributed by atoms with Crippen molar-refractivity contribution >= 4 is 0 Å². The Morgan fingerprint density at radius 3 is 2.21 bits per heavy atom. The molecule has 0 aromatic heterocycles. The molecular weight excluding hydrogens is 234 g/mol. The summed E-state index contributed by atoms with van der Waals surface area (Å²) in [4.78, 5) is 0. The van der Waals surface area contributed by atoms with E-state index in [4.69, 9.17) is 4.74 Å². The number of rotatable bonds is 9. The lowest BCUT2D eigenvalue weighted by Crippen LogP contribution is -2.23. The summed E-state index contributed by atoms with van der Waals surface area (Å²) in [6.07, 6.45) is 2.20. The lowest BCUT2D eigenvalue weighted by molar-refractivity contribution is 0.136. The minimum absolute atomic E-state index is 0.410. The maximum absolute atomic E-state index is 5.49. The summed E-state index contributed by atoms with van der Waals surface area (Å²) in [5, 5.41) is 3.61. The van der Waals surface area contributed by atoms with E-state index >= 15 is 0 Å². The molecule has 0 fully saturated rings. The molecule has 0 aliphatic carbocycles. The van der Waals surface area contributed by atoms with E-state index in [9.17, 15) is 0 Å². The van der Waals surface area contributed by atoms with Crippen LogP contribution in [0.3, 0.4) is 0 Å². The van der Waals surface area contributed by atoms with E-state index < -0.39 is 0 Å². The summed E-state index contributed by atoms with van der Waals surface area (Å²) < 4.78 is 5.49. The van der Waals surface area contributed by atoms with Crippen LogP contribution in [0.2, 0.25) is 0 Å². The van der Waals surface area contributed by atoms with Crippen molar-refractivity contribution in [1.29, 1.82) is 0 Å². The van der Waals surface area contributed by atoms with E-state index in [0.717, 1.165) is 32.6 Å². The zero-order valence-corrected chi connectivity index (χ0v) is 12.9. The lowest BCUT2D eigenvalue weighted by atomic mass is 9.98. The standard InChI is InChI=1S/C17H29NO/c1-5-12-18-17(11-13-19-6-2)16-9-7-15(8-10-16)14(3)4/h7-10,14,17-18H,5-6,11-13H2,1-4H3. The molecule has 1 N–H and O–H groups in total. The Morgan fingerprint density at radius 2 is 1.68 bits per heavy atom. The Bertz CT molecular complexity index is 332. The van der Waals surface area contributed by atoms with Gasteiger partial charge in [-0.15, -0.1) is 0 Å². The van der Waals surface area contributed by atoms with Crippen LogP contribution in [0.15, 0.2) is 24.3 Å². The first-order valence-electron chi connectivity index (χ1n) is 7.60. The number of benzene rings is 1. The summed E-state index contributed by atoms with van der Waals surface area (Å²) in [5.41, 5.74) is 2.78. The van der Waals surface area contributed by atoms with E-state index in [1.54, 1.807) is 0 Å². The number of nitrogens with one attached hydrogen (secondary N) is 1. The molecule has 1 unspecified atom stereocenters. The van der Waals surface area contributed by atoms with Gasteiger partial charge < -0.3 is 10.1 Å². The monoisotopic (exact) mass is 263 g/mol. The van der Waals surface area contributed by atoms with E-state index in [2.05, 4.69) is 50.4 Å². The summed E-state index contributed by atoms with van der Waals surface area (Å²) in [7, 11) is 0. The van der Waals surface area contributed by atoms with E-state index in [1.807, 2.05) is 6.92 Å². The SMILES string of the molecule is CCCNC(CCOCC)c1ccc(C(C)C)cc1. The highest BCUT2D eigenvalue weighted by Crippen LogP contribution is 2.21. The summed E-state index contributed by atoms with van der Waals surface area (Å²) >= 11 is 0. The normalized spacial score (nSPS) is 12.9. The van der Waals surface area contributed by atoms with Gasteiger partial charge in [0.15, 0.2) is 0 Å². The summed E-state index contributed by atoms with van der Waals surface area (Å²) in [6, 6.07) is 9.43. The molecule has 0 bridgehead atoms. The van der Waals surface area contributed by atoms with Gasteiger partial charge >= 0.3 is 0 Å². The third-order valence-corrected chi connectivity index (χ3v) is 3.40. The van der Waals surface area contributed by atoms with Crippen LogP contribution in [0.4, 0.5) is 0 Å². The summed E-state index contributed by atoms with van der Waals surface area (Å²) in [5.74, 6) is 0.597. The van der Waals surface area contributed by atoms with Gasteiger partial charge in [-0.05, 0) is 43.4 Å². The molecule has 1 aromatic carbocycles. The van der Waals surface area contributed by atoms with Gasteiger partial charge in [0, 0.05) is 19.3 Å². The molecule has 19 heavy (non-hydrogen) atoms. The van der Waals surface area contributed by atoms with Crippen LogP contribution in [0.1, 0.15) is 63.6 Å². The predicted molar refractivity (Wildman–Crippen MR) is 82.7 cm³/mol. The van der Waals surface area contributed by atoms with Crippen LogP contribution in [-0.4, -0.2) is 19.8 Å². The molecule has 1 atom stereocenters. The molecule has 0 saturated carbocycles. The molecule has 0 aliphatic heterocycles. The molecule has 0 saturated heterocycles. The molecule has 0 heterocycles. The van der Waals surface area contributed by atoms with Gasteiger partial charge in [-0.2, -0.15) is 0 Å². The van der Waals surface area contributed by atoms with Crippen molar-refractivity contribution in [3.8, 4) is 0 Å². The fourth-order valence-corrected chi connectivity index (χ4v) is 2.16. The molecule has 2 nitrogen and oxygen atoms in total. The Balaban J connectivity index is 2.66. The van der Waals surface area contributed by atoms with Gasteiger partial charge in [0.1, 0.15) is 0 Å². The molecule has 0 amide bonds. The molecule has 1 rings (SSSR count). The van der Waals surface area contributed by atoms with Crippen molar-refractivity contribution in [2.75, 3.05) is 19.8 Å². The molecule has 1 aromatic rings. The highest BCUT2D eigenvalue weighted by molar-refractivity contribution is 5.26. The number of hydrogen-bond acceptors (Lipinski definition) is 2. The van der Waals surface area contributed by atoms with Crippen LogP contribution in [-0.2, 0) is 4.74 Å². The van der Waals surface area contributed by atoms with Crippen molar-refractivity contribution in [3.63, 3.8) is 0 Å². The van der Waals surface area contributed by atoms with Crippen LogP contribution in [0.25, 0.3) is 0 Å². The lowest BCUT2D eigenvalue weighted by Gasteiger charge is -2.19. The first-order valence-corrected chi connectivity index (χ1v) is 7.60. The van der Waals surface area contributed by atoms with Gasteiger partial charge in [-0.3, -0.25) is 0 Å². The van der Waals surface area contributed by atoms with Crippen molar-refractivity contribution in [2.24, 2.45) is 0 Å².